The number of halogens is 5. The monoisotopic (exact) mass is 270 g/mol. The van der Waals surface area contributed by atoms with Crippen molar-refractivity contribution in [2.24, 2.45) is 0 Å². The van der Waals surface area contributed by atoms with Crippen molar-refractivity contribution in [2.45, 2.75) is 13.1 Å². The van der Waals surface area contributed by atoms with Crippen LogP contribution in [0.25, 0.3) is 0 Å². The van der Waals surface area contributed by atoms with Gasteiger partial charge in [0, 0.05) is 0 Å². The zero-order valence-electron chi connectivity index (χ0n) is 8.57. The fourth-order valence-corrected chi connectivity index (χ4v) is 1.41. The second-order valence-electron chi connectivity index (χ2n) is 3.01. The van der Waals surface area contributed by atoms with Gasteiger partial charge in [-0.1, -0.05) is 11.6 Å². The third-order valence-corrected chi connectivity index (χ3v) is 2.25. The van der Waals surface area contributed by atoms with E-state index < -0.39 is 34.1 Å². The van der Waals surface area contributed by atoms with Gasteiger partial charge in [0.15, 0.2) is 5.82 Å². The van der Waals surface area contributed by atoms with Crippen molar-refractivity contribution >= 4 is 17.6 Å². The highest BCUT2D eigenvalue weighted by Crippen LogP contribution is 2.36. The molecule has 1 rings (SSSR count). The highest BCUT2D eigenvalue weighted by Gasteiger charge is 2.35. The van der Waals surface area contributed by atoms with Gasteiger partial charge in [0.25, 0.3) is 0 Å². The predicted molar refractivity (Wildman–Crippen MR) is 52.4 cm³/mol. The summed E-state index contributed by atoms with van der Waals surface area (Å²) in [7, 11) is 0. The van der Waals surface area contributed by atoms with E-state index in [1.807, 2.05) is 0 Å². The molecule has 1 aromatic rings. The maximum absolute atomic E-state index is 13.4. The molecule has 0 aliphatic rings. The average Bonchev–Trinajstić information content (AvgIpc) is 2.20. The fourth-order valence-electron chi connectivity index (χ4n) is 1.13. The average molecular weight is 271 g/mol. The van der Waals surface area contributed by atoms with Gasteiger partial charge in [0.2, 0.25) is 0 Å². The Hall–Kier alpha value is -1.30. The Kier molecular flexibility index (Phi) is 3.98. The van der Waals surface area contributed by atoms with Crippen LogP contribution in [0.5, 0.6) is 0 Å². The zero-order chi connectivity index (χ0) is 13.2. The van der Waals surface area contributed by atoms with Crippen LogP contribution in [0.4, 0.5) is 17.6 Å². The number of hydrogen-bond acceptors (Lipinski definition) is 2. The molecule has 0 heterocycles. The van der Waals surface area contributed by atoms with Crippen molar-refractivity contribution < 1.29 is 27.1 Å². The summed E-state index contributed by atoms with van der Waals surface area (Å²) in [6.07, 6.45) is -4.77. The molecule has 94 valence electrons. The highest BCUT2D eigenvalue weighted by atomic mass is 35.5. The summed E-state index contributed by atoms with van der Waals surface area (Å²) >= 11 is 5.22. The van der Waals surface area contributed by atoms with Crippen molar-refractivity contribution in [3.63, 3.8) is 0 Å². The molecule has 0 N–H and O–H groups in total. The smallest absolute Gasteiger partial charge is 0.417 e. The summed E-state index contributed by atoms with van der Waals surface area (Å²) in [4.78, 5) is 11.2. The van der Waals surface area contributed by atoms with Crippen LogP contribution < -0.4 is 0 Å². The van der Waals surface area contributed by atoms with Gasteiger partial charge in [-0.2, -0.15) is 13.2 Å². The van der Waals surface area contributed by atoms with E-state index in [2.05, 4.69) is 4.74 Å². The number of ether oxygens (including phenoxy) is 1. The van der Waals surface area contributed by atoms with E-state index in [0.717, 1.165) is 0 Å². The fraction of sp³-hybridized carbons (Fsp3) is 0.300. The number of carbonyl (C=O) groups is 1. The van der Waals surface area contributed by atoms with Gasteiger partial charge in [-0.05, 0) is 19.1 Å². The summed E-state index contributed by atoms with van der Waals surface area (Å²) < 4.78 is 54.9. The number of rotatable bonds is 2. The van der Waals surface area contributed by atoms with Crippen molar-refractivity contribution in [3.05, 3.63) is 34.1 Å². The molecule has 0 bridgehead atoms. The van der Waals surface area contributed by atoms with Gasteiger partial charge >= 0.3 is 12.1 Å². The Morgan fingerprint density at radius 3 is 2.47 bits per heavy atom. The number of benzene rings is 1. The zero-order valence-corrected chi connectivity index (χ0v) is 9.32. The summed E-state index contributed by atoms with van der Waals surface area (Å²) in [5.74, 6) is -2.49. The molecule has 1 aromatic carbocycles. The van der Waals surface area contributed by atoms with Crippen LogP contribution in [-0.2, 0) is 10.9 Å². The Morgan fingerprint density at radius 1 is 1.41 bits per heavy atom. The molecule has 0 saturated heterocycles. The van der Waals surface area contributed by atoms with Crippen LogP contribution in [0.3, 0.4) is 0 Å². The van der Waals surface area contributed by atoms with Gasteiger partial charge in [-0.15, -0.1) is 0 Å². The lowest BCUT2D eigenvalue weighted by atomic mass is 10.1. The molecule has 0 amide bonds. The molecule has 2 nitrogen and oxygen atoms in total. The molecule has 0 atom stereocenters. The lowest BCUT2D eigenvalue weighted by molar-refractivity contribution is -0.137. The molecular weight excluding hydrogens is 264 g/mol. The van der Waals surface area contributed by atoms with Crippen LogP contribution in [0, 0.1) is 5.82 Å². The largest absolute Gasteiger partial charge is 0.462 e. The van der Waals surface area contributed by atoms with Crippen LogP contribution in [0.2, 0.25) is 5.02 Å². The second kappa shape index (κ2) is 4.91. The predicted octanol–water partition coefficient (Wildman–Crippen LogP) is 3.67. The Labute approximate surface area is 99.1 Å². The number of hydrogen-bond donors (Lipinski definition) is 0. The molecule has 0 fully saturated rings. The first-order valence-corrected chi connectivity index (χ1v) is 4.89. The topological polar surface area (TPSA) is 26.3 Å². The quantitative estimate of drug-likeness (QED) is 0.605. The Bertz CT molecular complexity index is 443. The molecule has 0 aliphatic heterocycles. The lowest BCUT2D eigenvalue weighted by Gasteiger charge is -2.11. The normalized spacial score (nSPS) is 11.4. The number of alkyl halides is 3. The molecule has 0 aliphatic carbocycles. The molecule has 0 radical (unpaired) electrons. The highest BCUT2D eigenvalue weighted by molar-refractivity contribution is 6.32. The first kappa shape index (κ1) is 13.8. The van der Waals surface area contributed by atoms with Gasteiger partial charge in [0.05, 0.1) is 22.8 Å². The first-order valence-electron chi connectivity index (χ1n) is 4.51. The minimum absolute atomic E-state index is 0.0169. The number of carbonyl (C=O) groups excluding carboxylic acids is 1. The van der Waals surface area contributed by atoms with Gasteiger partial charge in [-0.3, -0.25) is 0 Å². The molecule has 0 saturated carbocycles. The third kappa shape index (κ3) is 2.88. The van der Waals surface area contributed by atoms with Crippen LogP contribution >= 0.6 is 11.6 Å². The standard InChI is InChI=1S/C10H7ClF4O2/c1-2-17-9(16)5-3-4-6(10(13,14)15)7(11)8(5)12/h3-4H,2H2,1H3. The summed E-state index contributed by atoms with van der Waals surface area (Å²) in [5, 5.41) is -1.14. The SMILES string of the molecule is CCOC(=O)c1ccc(C(F)(F)F)c(Cl)c1F. The van der Waals surface area contributed by atoms with E-state index in [1.54, 1.807) is 0 Å². The van der Waals surface area contributed by atoms with E-state index in [0.29, 0.717) is 12.1 Å². The molecular formula is C10H7ClF4O2. The maximum atomic E-state index is 13.4. The lowest BCUT2D eigenvalue weighted by Crippen LogP contribution is -2.12. The molecule has 7 heteroatoms. The Morgan fingerprint density at radius 2 is 2.00 bits per heavy atom. The van der Waals surface area contributed by atoms with Crippen molar-refractivity contribution in [2.75, 3.05) is 6.61 Å². The summed E-state index contributed by atoms with van der Waals surface area (Å²) in [6, 6.07) is 1.24. The van der Waals surface area contributed by atoms with Crippen LogP contribution in [-0.4, -0.2) is 12.6 Å². The third-order valence-electron chi connectivity index (χ3n) is 1.88. The van der Waals surface area contributed by atoms with Crippen molar-refractivity contribution in [1.29, 1.82) is 0 Å². The van der Waals surface area contributed by atoms with Crippen molar-refractivity contribution in [3.8, 4) is 0 Å². The van der Waals surface area contributed by atoms with E-state index >= 15 is 0 Å². The molecule has 0 spiro atoms. The van der Waals surface area contributed by atoms with E-state index in [9.17, 15) is 22.4 Å². The maximum Gasteiger partial charge on any atom is 0.417 e. The first-order chi connectivity index (χ1) is 7.79. The van der Waals surface area contributed by atoms with Crippen LogP contribution in [0.15, 0.2) is 12.1 Å². The molecule has 0 unspecified atom stereocenters. The molecule has 17 heavy (non-hydrogen) atoms. The number of esters is 1. The van der Waals surface area contributed by atoms with E-state index in [1.165, 1.54) is 6.92 Å². The minimum atomic E-state index is -4.77. The van der Waals surface area contributed by atoms with Crippen molar-refractivity contribution in [1.82, 2.24) is 0 Å². The van der Waals surface area contributed by atoms with Gasteiger partial charge in [-0.25, -0.2) is 9.18 Å². The second-order valence-corrected chi connectivity index (χ2v) is 3.38. The Balaban J connectivity index is 3.25. The van der Waals surface area contributed by atoms with Gasteiger partial charge in [0.1, 0.15) is 0 Å². The minimum Gasteiger partial charge on any atom is -0.462 e. The van der Waals surface area contributed by atoms with Gasteiger partial charge < -0.3 is 4.74 Å². The summed E-state index contributed by atoms with van der Waals surface area (Å²) in [6.45, 7) is 1.47. The summed E-state index contributed by atoms with van der Waals surface area (Å²) in [5.41, 5.74) is -1.95. The van der Waals surface area contributed by atoms with E-state index in [4.69, 9.17) is 11.6 Å². The van der Waals surface area contributed by atoms with Crippen LogP contribution in [0.1, 0.15) is 22.8 Å². The van der Waals surface area contributed by atoms with E-state index in [-0.39, 0.29) is 6.61 Å². The molecule has 0 aromatic heterocycles.